The molecule has 3 nitrogen and oxygen atoms in total. The molecule has 0 aromatic heterocycles. The highest BCUT2D eigenvalue weighted by Crippen LogP contribution is 2.34. The molecule has 2 saturated heterocycles. The Hall–Kier alpha value is -1.06. The highest BCUT2D eigenvalue weighted by Gasteiger charge is 2.35. The molecule has 2 aliphatic heterocycles. The van der Waals surface area contributed by atoms with Crippen molar-refractivity contribution in [3.05, 3.63) is 35.4 Å². The van der Waals surface area contributed by atoms with Crippen molar-refractivity contribution in [3.8, 4) is 0 Å². The SMILES string of the molecule is Cc1ccccc1C1CCCN1C(=O)[C@@H]1CCCN1.Cl. The molecule has 1 N–H and O–H groups in total. The van der Waals surface area contributed by atoms with Crippen LogP contribution in [0.3, 0.4) is 0 Å². The molecule has 2 heterocycles. The van der Waals surface area contributed by atoms with Gasteiger partial charge in [-0.2, -0.15) is 0 Å². The summed E-state index contributed by atoms with van der Waals surface area (Å²) in [5, 5.41) is 3.33. The van der Waals surface area contributed by atoms with Gasteiger partial charge in [-0.05, 0) is 50.3 Å². The molecule has 4 heteroatoms. The second kappa shape index (κ2) is 6.59. The number of hydrogen-bond donors (Lipinski definition) is 1. The lowest BCUT2D eigenvalue weighted by Gasteiger charge is -2.28. The first-order chi connectivity index (χ1) is 9.27. The van der Waals surface area contributed by atoms with Crippen LogP contribution in [0.1, 0.15) is 42.9 Å². The molecule has 0 radical (unpaired) electrons. The van der Waals surface area contributed by atoms with Crippen molar-refractivity contribution in [2.24, 2.45) is 0 Å². The minimum absolute atomic E-state index is 0. The molecule has 1 aromatic rings. The van der Waals surface area contributed by atoms with Crippen molar-refractivity contribution in [1.82, 2.24) is 10.2 Å². The van der Waals surface area contributed by atoms with Crippen LogP contribution < -0.4 is 5.32 Å². The lowest BCUT2D eigenvalue weighted by Crippen LogP contribution is -2.43. The Morgan fingerprint density at radius 3 is 2.75 bits per heavy atom. The number of benzene rings is 1. The fourth-order valence-electron chi connectivity index (χ4n) is 3.41. The predicted octanol–water partition coefficient (Wildman–Crippen LogP) is 2.83. The van der Waals surface area contributed by atoms with E-state index in [2.05, 4.69) is 41.4 Å². The molecule has 2 aliphatic rings. The maximum atomic E-state index is 12.6. The van der Waals surface area contributed by atoms with Crippen molar-refractivity contribution in [2.75, 3.05) is 13.1 Å². The summed E-state index contributed by atoms with van der Waals surface area (Å²) in [7, 11) is 0. The first-order valence-corrected chi connectivity index (χ1v) is 7.37. The maximum absolute atomic E-state index is 12.6. The molecule has 0 aliphatic carbocycles. The summed E-state index contributed by atoms with van der Waals surface area (Å²) in [5.74, 6) is 0.309. The molecule has 0 bridgehead atoms. The normalized spacial score (nSPS) is 25.6. The minimum Gasteiger partial charge on any atom is -0.334 e. The summed E-state index contributed by atoms with van der Waals surface area (Å²) >= 11 is 0. The summed E-state index contributed by atoms with van der Waals surface area (Å²) in [4.78, 5) is 14.7. The standard InChI is InChI=1S/C16H22N2O.ClH/c1-12-6-2-3-7-13(12)15-9-5-11-18(15)16(19)14-8-4-10-17-14;/h2-3,6-7,14-15,17H,4-5,8-11H2,1H3;1H/t14-,15?;/m0./s1. The first-order valence-electron chi connectivity index (χ1n) is 7.37. The maximum Gasteiger partial charge on any atom is 0.240 e. The number of carbonyl (C=O) groups is 1. The van der Waals surface area contributed by atoms with Crippen molar-refractivity contribution in [1.29, 1.82) is 0 Å². The van der Waals surface area contributed by atoms with Crippen molar-refractivity contribution in [2.45, 2.75) is 44.7 Å². The van der Waals surface area contributed by atoms with Crippen LogP contribution in [0.15, 0.2) is 24.3 Å². The van der Waals surface area contributed by atoms with E-state index in [1.54, 1.807) is 0 Å². The lowest BCUT2D eigenvalue weighted by molar-refractivity contribution is -0.134. The summed E-state index contributed by atoms with van der Waals surface area (Å²) < 4.78 is 0. The van der Waals surface area contributed by atoms with Gasteiger partial charge in [-0.3, -0.25) is 4.79 Å². The average Bonchev–Trinajstić information content (AvgIpc) is 3.10. The third kappa shape index (κ3) is 2.84. The second-order valence-electron chi connectivity index (χ2n) is 5.70. The quantitative estimate of drug-likeness (QED) is 0.910. The molecule has 110 valence electrons. The van der Waals surface area contributed by atoms with Crippen LogP contribution in [0.25, 0.3) is 0 Å². The number of carbonyl (C=O) groups excluding carboxylic acids is 1. The van der Waals surface area contributed by atoms with Crippen molar-refractivity contribution >= 4 is 18.3 Å². The number of rotatable bonds is 2. The number of hydrogen-bond acceptors (Lipinski definition) is 2. The van der Waals surface area contributed by atoms with E-state index < -0.39 is 0 Å². The summed E-state index contributed by atoms with van der Waals surface area (Å²) in [6, 6.07) is 8.81. The van der Waals surface area contributed by atoms with Crippen LogP contribution in [-0.2, 0) is 4.79 Å². The topological polar surface area (TPSA) is 32.3 Å². The van der Waals surface area contributed by atoms with E-state index >= 15 is 0 Å². The van der Waals surface area contributed by atoms with Gasteiger partial charge in [-0.25, -0.2) is 0 Å². The largest absolute Gasteiger partial charge is 0.334 e. The van der Waals surface area contributed by atoms with Crippen LogP contribution in [0.5, 0.6) is 0 Å². The highest BCUT2D eigenvalue weighted by molar-refractivity contribution is 5.85. The van der Waals surface area contributed by atoms with Gasteiger partial charge in [0.25, 0.3) is 0 Å². The summed E-state index contributed by atoms with van der Waals surface area (Å²) in [6.07, 6.45) is 4.34. The van der Waals surface area contributed by atoms with Gasteiger partial charge in [0.15, 0.2) is 0 Å². The third-order valence-electron chi connectivity index (χ3n) is 4.44. The first kappa shape index (κ1) is 15.3. The monoisotopic (exact) mass is 294 g/mol. The van der Waals surface area contributed by atoms with Gasteiger partial charge in [-0.1, -0.05) is 24.3 Å². The molecule has 20 heavy (non-hydrogen) atoms. The van der Waals surface area contributed by atoms with Gasteiger partial charge in [0.2, 0.25) is 5.91 Å². The fourth-order valence-corrected chi connectivity index (χ4v) is 3.41. The number of nitrogens with zero attached hydrogens (tertiary/aromatic N) is 1. The van der Waals surface area contributed by atoms with Crippen molar-refractivity contribution in [3.63, 3.8) is 0 Å². The molecule has 0 saturated carbocycles. The molecular formula is C16H23ClN2O. The number of likely N-dealkylation sites (tertiary alicyclic amines) is 1. The van der Waals surface area contributed by atoms with E-state index in [4.69, 9.17) is 0 Å². The molecule has 2 atom stereocenters. The zero-order valence-corrected chi connectivity index (χ0v) is 12.8. The van der Waals surface area contributed by atoms with E-state index in [9.17, 15) is 4.79 Å². The zero-order valence-electron chi connectivity index (χ0n) is 12.0. The van der Waals surface area contributed by atoms with Gasteiger partial charge in [-0.15, -0.1) is 12.4 Å². The van der Waals surface area contributed by atoms with E-state index in [0.29, 0.717) is 5.91 Å². The lowest BCUT2D eigenvalue weighted by atomic mass is 9.99. The molecule has 1 unspecified atom stereocenters. The molecule has 1 aromatic carbocycles. The number of amides is 1. The number of halogens is 1. The summed E-state index contributed by atoms with van der Waals surface area (Å²) in [6.45, 7) is 4.04. The van der Waals surface area contributed by atoms with Crippen LogP contribution in [0.2, 0.25) is 0 Å². The molecule has 2 fully saturated rings. The second-order valence-corrected chi connectivity index (χ2v) is 5.70. The third-order valence-corrected chi connectivity index (χ3v) is 4.44. The number of nitrogens with one attached hydrogen (secondary N) is 1. The Balaban J connectivity index is 0.00000147. The molecule has 1 amide bonds. The fraction of sp³-hybridized carbons (Fsp3) is 0.562. The van der Waals surface area contributed by atoms with Crippen LogP contribution in [0.4, 0.5) is 0 Å². The van der Waals surface area contributed by atoms with Crippen LogP contribution >= 0.6 is 12.4 Å². The van der Waals surface area contributed by atoms with Crippen molar-refractivity contribution < 1.29 is 4.79 Å². The molecule has 3 rings (SSSR count). The van der Waals surface area contributed by atoms with E-state index in [-0.39, 0.29) is 24.5 Å². The van der Waals surface area contributed by atoms with E-state index in [0.717, 1.165) is 38.8 Å². The highest BCUT2D eigenvalue weighted by atomic mass is 35.5. The Kier molecular flexibility index (Phi) is 5.06. The Morgan fingerprint density at radius 1 is 1.25 bits per heavy atom. The van der Waals surface area contributed by atoms with Gasteiger partial charge in [0.1, 0.15) is 0 Å². The Morgan fingerprint density at radius 2 is 2.05 bits per heavy atom. The molecular weight excluding hydrogens is 272 g/mol. The zero-order chi connectivity index (χ0) is 13.2. The van der Waals surface area contributed by atoms with Gasteiger partial charge >= 0.3 is 0 Å². The van der Waals surface area contributed by atoms with E-state index in [1.807, 2.05) is 0 Å². The Bertz CT molecular complexity index is 471. The van der Waals surface area contributed by atoms with Gasteiger partial charge in [0, 0.05) is 6.54 Å². The number of aryl methyl sites for hydroxylation is 1. The predicted molar refractivity (Wildman–Crippen MR) is 83.1 cm³/mol. The Labute approximate surface area is 127 Å². The average molecular weight is 295 g/mol. The smallest absolute Gasteiger partial charge is 0.240 e. The van der Waals surface area contributed by atoms with Crippen LogP contribution in [0, 0.1) is 6.92 Å². The van der Waals surface area contributed by atoms with Crippen LogP contribution in [-0.4, -0.2) is 29.9 Å². The van der Waals surface area contributed by atoms with Gasteiger partial charge in [0.05, 0.1) is 12.1 Å². The van der Waals surface area contributed by atoms with Gasteiger partial charge < -0.3 is 10.2 Å². The molecule has 0 spiro atoms. The van der Waals surface area contributed by atoms with E-state index in [1.165, 1.54) is 11.1 Å². The summed E-state index contributed by atoms with van der Waals surface area (Å²) in [5.41, 5.74) is 2.62. The minimum atomic E-state index is 0.